The van der Waals surface area contributed by atoms with Gasteiger partial charge in [-0.25, -0.2) is 0 Å². The van der Waals surface area contributed by atoms with E-state index < -0.39 is 6.61 Å². The first-order valence-corrected chi connectivity index (χ1v) is 9.82. The molecule has 0 bridgehead atoms. The highest BCUT2D eigenvalue weighted by Gasteiger charge is 2.20. The summed E-state index contributed by atoms with van der Waals surface area (Å²) < 4.78 is 42.8. The Morgan fingerprint density at radius 3 is 2.53 bits per heavy atom. The molecule has 10 heteroatoms. The molecule has 164 valence electrons. The molecule has 0 radical (unpaired) electrons. The summed E-state index contributed by atoms with van der Waals surface area (Å²) >= 11 is 0. The van der Waals surface area contributed by atoms with Crippen LogP contribution in [0.2, 0.25) is 0 Å². The fourth-order valence-corrected chi connectivity index (χ4v) is 3.47. The van der Waals surface area contributed by atoms with Crippen molar-refractivity contribution in [2.75, 3.05) is 13.8 Å². The summed E-state index contributed by atoms with van der Waals surface area (Å²) in [5.41, 5.74) is 3.86. The first kappa shape index (κ1) is 21.7. The molecule has 2 aromatic rings. The largest absolute Gasteiger partial charge is 0.454 e. The lowest BCUT2D eigenvalue weighted by Crippen LogP contribution is -2.36. The number of alkyl halides is 2. The summed E-state index contributed by atoms with van der Waals surface area (Å²) in [6, 6.07) is 3.05. The maximum absolute atomic E-state index is 12.8. The molecule has 1 aliphatic rings. The smallest absolute Gasteiger partial charge is 0.387 e. The van der Waals surface area contributed by atoms with Crippen LogP contribution >= 0.6 is 0 Å². The van der Waals surface area contributed by atoms with Crippen LogP contribution in [0, 0.1) is 0 Å². The summed E-state index contributed by atoms with van der Waals surface area (Å²) in [5.74, 6) is 1.44. The van der Waals surface area contributed by atoms with Gasteiger partial charge in [0, 0.05) is 50.1 Å². The van der Waals surface area contributed by atoms with E-state index in [-0.39, 0.29) is 19.1 Å². The monoisotopic (exact) mass is 423 g/mol. The number of hydrogen-bond acceptors (Lipinski definition) is 5. The van der Waals surface area contributed by atoms with E-state index >= 15 is 0 Å². The minimum absolute atomic E-state index is 0.0333. The highest BCUT2D eigenvalue weighted by Crippen LogP contribution is 2.38. The zero-order valence-corrected chi connectivity index (χ0v) is 17.6. The molecule has 30 heavy (non-hydrogen) atoms. The molecule has 0 amide bonds. The third kappa shape index (κ3) is 4.74. The summed E-state index contributed by atoms with van der Waals surface area (Å²) in [4.78, 5) is 4.22. The molecule has 0 unspecified atom stereocenters. The normalized spacial score (nSPS) is 13.1. The zero-order chi connectivity index (χ0) is 21.7. The molecule has 1 aliphatic heterocycles. The number of fused-ring (bicyclic) bond motifs is 1. The number of ether oxygens (including phenoxy) is 3. The van der Waals surface area contributed by atoms with E-state index in [0.717, 1.165) is 29.8 Å². The second kappa shape index (κ2) is 9.64. The van der Waals surface area contributed by atoms with Crippen LogP contribution in [0.1, 0.15) is 36.4 Å². The molecule has 1 aromatic heterocycles. The number of aryl methyl sites for hydroxylation is 2. The van der Waals surface area contributed by atoms with E-state index in [1.54, 1.807) is 13.1 Å². The highest BCUT2D eigenvalue weighted by atomic mass is 19.3. The number of nitrogens with one attached hydrogen (secondary N) is 2. The number of aliphatic imine (C=N–C) groups is 1. The lowest BCUT2D eigenvalue weighted by molar-refractivity contribution is -0.0505. The van der Waals surface area contributed by atoms with Crippen LogP contribution in [-0.4, -0.2) is 36.2 Å². The van der Waals surface area contributed by atoms with Gasteiger partial charge in [0.05, 0.1) is 5.69 Å². The molecule has 8 nitrogen and oxygen atoms in total. The lowest BCUT2D eigenvalue weighted by atomic mass is 10.1. The Balaban J connectivity index is 1.69. The van der Waals surface area contributed by atoms with Crippen molar-refractivity contribution in [1.29, 1.82) is 0 Å². The van der Waals surface area contributed by atoms with Crippen molar-refractivity contribution >= 4 is 5.96 Å². The average molecular weight is 423 g/mol. The van der Waals surface area contributed by atoms with Crippen molar-refractivity contribution in [2.24, 2.45) is 12.0 Å². The summed E-state index contributed by atoms with van der Waals surface area (Å²) in [5, 5.41) is 11.0. The topological polar surface area (TPSA) is 81.9 Å². The minimum Gasteiger partial charge on any atom is -0.454 e. The molecule has 1 aromatic carbocycles. The predicted molar refractivity (Wildman–Crippen MR) is 108 cm³/mol. The van der Waals surface area contributed by atoms with Crippen molar-refractivity contribution < 1.29 is 23.0 Å². The summed E-state index contributed by atoms with van der Waals surface area (Å²) in [6.45, 7) is 2.05. The Morgan fingerprint density at radius 1 is 1.20 bits per heavy atom. The Labute approximate surface area is 174 Å². The van der Waals surface area contributed by atoms with Crippen LogP contribution in [0.5, 0.6) is 17.2 Å². The molecule has 0 aliphatic carbocycles. The molecule has 0 spiro atoms. The molecule has 3 rings (SSSR count). The second-order valence-corrected chi connectivity index (χ2v) is 6.67. The molecule has 0 fully saturated rings. The van der Waals surface area contributed by atoms with Crippen LogP contribution in [-0.2, 0) is 33.0 Å². The van der Waals surface area contributed by atoms with Crippen LogP contribution < -0.4 is 24.8 Å². The number of halogens is 2. The molecule has 2 heterocycles. The third-order valence-corrected chi connectivity index (χ3v) is 4.90. The Kier molecular flexibility index (Phi) is 6.96. The maximum atomic E-state index is 12.8. The first-order chi connectivity index (χ1) is 14.5. The highest BCUT2D eigenvalue weighted by molar-refractivity contribution is 5.79. The standard InChI is InChI=1S/C20H27F2N5O3/c1-5-14-13(15(6-2)27(4)26-14)10-25-20(23-3)24-9-12-7-17-18(29-11-28-17)8-16(12)30-19(21)22/h7-8,19H,5-6,9-11H2,1-4H3,(H2,23,24,25). The van der Waals surface area contributed by atoms with Gasteiger partial charge in [-0.05, 0) is 18.9 Å². The Morgan fingerprint density at radius 2 is 1.90 bits per heavy atom. The van der Waals surface area contributed by atoms with Crippen molar-refractivity contribution in [2.45, 2.75) is 46.4 Å². The van der Waals surface area contributed by atoms with Crippen molar-refractivity contribution in [3.63, 3.8) is 0 Å². The quantitative estimate of drug-likeness (QED) is 0.502. The molecule has 0 atom stereocenters. The van der Waals surface area contributed by atoms with Gasteiger partial charge in [-0.15, -0.1) is 0 Å². The van der Waals surface area contributed by atoms with E-state index in [2.05, 4.69) is 39.3 Å². The summed E-state index contributed by atoms with van der Waals surface area (Å²) in [7, 11) is 3.59. The number of hydrogen-bond donors (Lipinski definition) is 2. The molecule has 0 saturated carbocycles. The number of nitrogens with zero attached hydrogens (tertiary/aromatic N) is 3. The first-order valence-electron chi connectivity index (χ1n) is 9.82. The molecular weight excluding hydrogens is 396 g/mol. The predicted octanol–water partition coefficient (Wildman–Crippen LogP) is 2.74. The van der Waals surface area contributed by atoms with Gasteiger partial charge in [0.1, 0.15) is 5.75 Å². The van der Waals surface area contributed by atoms with Crippen molar-refractivity contribution in [3.05, 3.63) is 34.6 Å². The van der Waals surface area contributed by atoms with Crippen molar-refractivity contribution in [3.8, 4) is 17.2 Å². The van der Waals surface area contributed by atoms with E-state index in [9.17, 15) is 8.78 Å². The zero-order valence-electron chi connectivity index (χ0n) is 17.6. The van der Waals surface area contributed by atoms with Crippen LogP contribution in [0.25, 0.3) is 0 Å². The molecule has 2 N–H and O–H groups in total. The van der Waals surface area contributed by atoms with Gasteiger partial charge in [0.2, 0.25) is 6.79 Å². The van der Waals surface area contributed by atoms with Gasteiger partial charge in [0.25, 0.3) is 0 Å². The molecular formula is C20H27F2N5O3. The van der Waals surface area contributed by atoms with Gasteiger partial charge >= 0.3 is 6.61 Å². The number of guanidine groups is 1. The fourth-order valence-electron chi connectivity index (χ4n) is 3.47. The number of aromatic nitrogens is 2. The van der Waals surface area contributed by atoms with Crippen molar-refractivity contribution in [1.82, 2.24) is 20.4 Å². The Hall–Kier alpha value is -3.04. The maximum Gasteiger partial charge on any atom is 0.387 e. The van der Waals surface area contributed by atoms with Gasteiger partial charge in [-0.1, -0.05) is 13.8 Å². The minimum atomic E-state index is -2.94. The van der Waals surface area contributed by atoms with E-state index in [1.807, 2.05) is 11.7 Å². The van der Waals surface area contributed by atoms with Gasteiger partial charge in [-0.2, -0.15) is 13.9 Å². The van der Waals surface area contributed by atoms with E-state index in [0.29, 0.717) is 29.6 Å². The lowest BCUT2D eigenvalue weighted by Gasteiger charge is -2.15. The third-order valence-electron chi connectivity index (χ3n) is 4.90. The van der Waals surface area contributed by atoms with Crippen LogP contribution in [0.15, 0.2) is 17.1 Å². The fraction of sp³-hybridized carbons (Fsp3) is 0.500. The van der Waals surface area contributed by atoms with E-state index in [1.165, 1.54) is 6.07 Å². The second-order valence-electron chi connectivity index (χ2n) is 6.67. The number of benzene rings is 1. The van der Waals surface area contributed by atoms with E-state index in [4.69, 9.17) is 9.47 Å². The number of rotatable bonds is 8. The van der Waals surface area contributed by atoms with Crippen LogP contribution in [0.3, 0.4) is 0 Å². The van der Waals surface area contributed by atoms with Gasteiger partial charge in [-0.3, -0.25) is 9.67 Å². The van der Waals surface area contributed by atoms with Crippen LogP contribution in [0.4, 0.5) is 8.78 Å². The molecule has 0 saturated heterocycles. The summed E-state index contributed by atoms with van der Waals surface area (Å²) in [6.07, 6.45) is 1.71. The van der Waals surface area contributed by atoms with Gasteiger partial charge in [0.15, 0.2) is 17.5 Å². The Bertz CT molecular complexity index is 914. The average Bonchev–Trinajstić information content (AvgIpc) is 3.30. The SMILES string of the molecule is CCc1nn(C)c(CC)c1CNC(=NC)NCc1cc2c(cc1OC(F)F)OCO2. The van der Waals surface area contributed by atoms with Gasteiger partial charge < -0.3 is 24.8 Å².